The number of ether oxygens (including phenoxy) is 1. The lowest BCUT2D eigenvalue weighted by Gasteiger charge is -2.29. The average molecular weight is 262 g/mol. The molecular formula is C13H18N4O2. The molecule has 1 aromatic heterocycles. The summed E-state index contributed by atoms with van der Waals surface area (Å²) >= 11 is 0. The fourth-order valence-corrected chi connectivity index (χ4v) is 2.41. The smallest absolute Gasteiger partial charge is 0.323 e. The van der Waals surface area contributed by atoms with E-state index in [1.54, 1.807) is 0 Å². The van der Waals surface area contributed by atoms with Crippen molar-refractivity contribution in [3.05, 3.63) is 28.7 Å². The minimum Gasteiger partial charge on any atom is -0.374 e. The number of H-pyrrole nitrogens is 2. The van der Waals surface area contributed by atoms with Gasteiger partial charge in [0.1, 0.15) is 0 Å². The number of hydrogen-bond donors (Lipinski definition) is 3. The van der Waals surface area contributed by atoms with Gasteiger partial charge in [-0.15, -0.1) is 0 Å². The predicted molar refractivity (Wildman–Crippen MR) is 74.8 cm³/mol. The Morgan fingerprint density at radius 2 is 2.21 bits per heavy atom. The molecule has 1 aliphatic rings. The van der Waals surface area contributed by atoms with Gasteiger partial charge in [0.15, 0.2) is 0 Å². The third-order valence-corrected chi connectivity index (χ3v) is 3.42. The van der Waals surface area contributed by atoms with Gasteiger partial charge in [-0.05, 0) is 18.2 Å². The zero-order valence-electron chi connectivity index (χ0n) is 10.9. The molecule has 3 N–H and O–H groups in total. The highest BCUT2D eigenvalue weighted by molar-refractivity contribution is 5.78. The molecule has 6 nitrogen and oxygen atoms in total. The average Bonchev–Trinajstić information content (AvgIpc) is 2.78. The highest BCUT2D eigenvalue weighted by Crippen LogP contribution is 2.18. The van der Waals surface area contributed by atoms with Gasteiger partial charge in [0.05, 0.1) is 23.7 Å². The van der Waals surface area contributed by atoms with Crippen molar-refractivity contribution in [1.82, 2.24) is 15.3 Å². The number of likely N-dealkylation sites (N-methyl/N-ethyl adjacent to an activating group) is 1. The fraction of sp³-hybridized carbons (Fsp3) is 0.462. The highest BCUT2D eigenvalue weighted by Gasteiger charge is 2.16. The Morgan fingerprint density at radius 3 is 3.00 bits per heavy atom. The van der Waals surface area contributed by atoms with Gasteiger partial charge in [0.2, 0.25) is 0 Å². The summed E-state index contributed by atoms with van der Waals surface area (Å²) < 4.78 is 5.69. The third kappa shape index (κ3) is 2.64. The molecule has 3 rings (SSSR count). The Bertz CT molecular complexity index is 612. The maximum atomic E-state index is 11.2. The molecule has 0 aliphatic carbocycles. The van der Waals surface area contributed by atoms with Crippen LogP contribution in [0.4, 0.5) is 5.69 Å². The molecule has 0 saturated carbocycles. The van der Waals surface area contributed by atoms with Crippen LogP contribution in [0.5, 0.6) is 0 Å². The molecule has 2 heterocycles. The van der Waals surface area contributed by atoms with Crippen LogP contribution in [0.2, 0.25) is 0 Å². The van der Waals surface area contributed by atoms with Crippen LogP contribution < -0.4 is 15.9 Å². The number of imidazole rings is 1. The molecule has 1 aromatic carbocycles. The summed E-state index contributed by atoms with van der Waals surface area (Å²) in [5, 5.41) is 3.32. The number of aromatic nitrogens is 2. The first-order valence-corrected chi connectivity index (χ1v) is 6.48. The second-order valence-electron chi connectivity index (χ2n) is 4.89. The number of morpholine rings is 1. The summed E-state index contributed by atoms with van der Waals surface area (Å²) in [7, 11) is 2.03. The molecule has 102 valence electrons. The molecule has 1 unspecified atom stereocenters. The highest BCUT2D eigenvalue weighted by atomic mass is 16.5. The third-order valence-electron chi connectivity index (χ3n) is 3.42. The first kappa shape index (κ1) is 12.3. The maximum Gasteiger partial charge on any atom is 0.323 e. The minimum absolute atomic E-state index is 0.172. The number of fused-ring (bicyclic) bond motifs is 1. The van der Waals surface area contributed by atoms with E-state index in [4.69, 9.17) is 4.74 Å². The zero-order valence-corrected chi connectivity index (χ0v) is 10.9. The quantitative estimate of drug-likeness (QED) is 0.743. The lowest BCUT2D eigenvalue weighted by molar-refractivity contribution is 0.0340. The summed E-state index contributed by atoms with van der Waals surface area (Å²) in [4.78, 5) is 18.9. The predicted octanol–water partition coefficient (Wildman–Crippen LogP) is 0.281. The van der Waals surface area contributed by atoms with E-state index < -0.39 is 0 Å². The lowest BCUT2D eigenvalue weighted by Crippen LogP contribution is -2.44. The zero-order chi connectivity index (χ0) is 13.2. The Hall–Kier alpha value is -1.79. The van der Waals surface area contributed by atoms with Crippen LogP contribution in [0.15, 0.2) is 23.0 Å². The summed E-state index contributed by atoms with van der Waals surface area (Å²) in [6.07, 6.45) is 0.208. The number of hydrogen-bond acceptors (Lipinski definition) is 4. The van der Waals surface area contributed by atoms with Crippen LogP contribution in [0.1, 0.15) is 0 Å². The van der Waals surface area contributed by atoms with Crippen LogP contribution in [0, 0.1) is 0 Å². The van der Waals surface area contributed by atoms with Crippen molar-refractivity contribution in [2.75, 3.05) is 38.2 Å². The van der Waals surface area contributed by atoms with Crippen LogP contribution in [-0.4, -0.2) is 49.4 Å². The van der Waals surface area contributed by atoms with Crippen molar-refractivity contribution in [2.24, 2.45) is 0 Å². The van der Waals surface area contributed by atoms with Crippen molar-refractivity contribution in [3.8, 4) is 0 Å². The van der Waals surface area contributed by atoms with Crippen LogP contribution in [0.25, 0.3) is 11.0 Å². The second kappa shape index (κ2) is 5.07. The van der Waals surface area contributed by atoms with Gasteiger partial charge in [-0.2, -0.15) is 0 Å². The van der Waals surface area contributed by atoms with E-state index in [0.717, 1.165) is 43.0 Å². The van der Waals surface area contributed by atoms with E-state index in [9.17, 15) is 4.79 Å². The van der Waals surface area contributed by atoms with E-state index in [-0.39, 0.29) is 11.8 Å². The monoisotopic (exact) mass is 262 g/mol. The molecule has 0 bridgehead atoms. The van der Waals surface area contributed by atoms with E-state index in [2.05, 4.69) is 20.2 Å². The van der Waals surface area contributed by atoms with E-state index >= 15 is 0 Å². The summed E-state index contributed by atoms with van der Waals surface area (Å²) in [5.41, 5.74) is 2.56. The van der Waals surface area contributed by atoms with E-state index in [1.165, 1.54) is 0 Å². The molecule has 6 heteroatoms. The number of nitrogens with one attached hydrogen (secondary N) is 3. The molecule has 0 amide bonds. The molecule has 0 spiro atoms. The first-order chi connectivity index (χ1) is 9.22. The number of aromatic amines is 2. The topological polar surface area (TPSA) is 73.2 Å². The summed E-state index contributed by atoms with van der Waals surface area (Å²) in [5.74, 6) is 0. The number of rotatable bonds is 3. The minimum atomic E-state index is -0.172. The number of benzene rings is 1. The normalized spacial score (nSPS) is 19.7. The van der Waals surface area contributed by atoms with Crippen molar-refractivity contribution >= 4 is 16.7 Å². The van der Waals surface area contributed by atoms with Crippen molar-refractivity contribution < 1.29 is 4.74 Å². The van der Waals surface area contributed by atoms with Crippen molar-refractivity contribution in [3.63, 3.8) is 0 Å². The lowest BCUT2D eigenvalue weighted by atomic mass is 10.2. The fourth-order valence-electron chi connectivity index (χ4n) is 2.41. The largest absolute Gasteiger partial charge is 0.374 e. The van der Waals surface area contributed by atoms with Gasteiger partial charge < -0.3 is 24.9 Å². The Kier molecular flexibility index (Phi) is 3.27. The van der Waals surface area contributed by atoms with E-state index in [0.29, 0.717) is 0 Å². The van der Waals surface area contributed by atoms with Gasteiger partial charge in [0, 0.05) is 32.4 Å². The molecule has 1 atom stereocenters. The van der Waals surface area contributed by atoms with Gasteiger partial charge in [-0.1, -0.05) is 0 Å². The number of anilines is 1. The standard InChI is InChI=1S/C13H18N4O2/c1-17(8-10-7-14-4-5-19-10)9-2-3-11-12(6-9)16-13(18)15-11/h2-3,6,10,14H,4-5,7-8H2,1H3,(H2,15,16,18). The molecule has 19 heavy (non-hydrogen) atoms. The van der Waals surface area contributed by atoms with Crippen molar-refractivity contribution in [1.29, 1.82) is 0 Å². The molecule has 2 aromatic rings. The van der Waals surface area contributed by atoms with Gasteiger partial charge in [-0.25, -0.2) is 4.79 Å². The van der Waals surface area contributed by atoms with Crippen LogP contribution in [-0.2, 0) is 4.74 Å². The molecule has 1 aliphatic heterocycles. The molecular weight excluding hydrogens is 244 g/mol. The van der Waals surface area contributed by atoms with E-state index in [1.807, 2.05) is 25.2 Å². The van der Waals surface area contributed by atoms with Crippen molar-refractivity contribution in [2.45, 2.75) is 6.10 Å². The second-order valence-corrected chi connectivity index (χ2v) is 4.89. The van der Waals surface area contributed by atoms with Gasteiger partial charge >= 0.3 is 5.69 Å². The molecule has 1 fully saturated rings. The Balaban J connectivity index is 1.76. The van der Waals surface area contributed by atoms with Crippen LogP contribution >= 0.6 is 0 Å². The Labute approximate surface area is 110 Å². The summed E-state index contributed by atoms with van der Waals surface area (Å²) in [6, 6.07) is 5.89. The van der Waals surface area contributed by atoms with Gasteiger partial charge in [-0.3, -0.25) is 0 Å². The van der Waals surface area contributed by atoms with Crippen LogP contribution in [0.3, 0.4) is 0 Å². The maximum absolute atomic E-state index is 11.2. The Morgan fingerprint density at radius 1 is 1.37 bits per heavy atom. The molecule has 1 saturated heterocycles. The summed E-state index contributed by atoms with van der Waals surface area (Å²) in [6.45, 7) is 3.40. The molecule has 0 radical (unpaired) electrons. The SMILES string of the molecule is CN(CC1CNCCO1)c1ccc2[nH]c(=O)[nH]c2c1. The first-order valence-electron chi connectivity index (χ1n) is 6.48. The van der Waals surface area contributed by atoms with Gasteiger partial charge in [0.25, 0.3) is 0 Å². The number of nitrogens with zero attached hydrogens (tertiary/aromatic N) is 1.